The van der Waals surface area contributed by atoms with Gasteiger partial charge in [0.25, 0.3) is 0 Å². The molecule has 132 valence electrons. The fraction of sp³-hybridized carbons (Fsp3) is 0.632. The Balaban J connectivity index is 1.41. The van der Waals surface area contributed by atoms with E-state index < -0.39 is 0 Å². The number of aryl methyl sites for hydroxylation is 1. The number of methoxy groups -OCH3 is 1. The van der Waals surface area contributed by atoms with Crippen LogP contribution in [0.3, 0.4) is 0 Å². The van der Waals surface area contributed by atoms with Crippen molar-refractivity contribution >= 4 is 5.96 Å². The van der Waals surface area contributed by atoms with Gasteiger partial charge in [0.05, 0.1) is 13.7 Å². The lowest BCUT2D eigenvalue weighted by atomic mass is 9.87. The molecule has 24 heavy (non-hydrogen) atoms. The first-order valence-corrected chi connectivity index (χ1v) is 8.91. The van der Waals surface area contributed by atoms with Gasteiger partial charge in [0.1, 0.15) is 5.75 Å². The summed E-state index contributed by atoms with van der Waals surface area (Å²) < 4.78 is 10.8. The molecule has 0 amide bonds. The lowest BCUT2D eigenvalue weighted by molar-refractivity contribution is 0.156. The summed E-state index contributed by atoms with van der Waals surface area (Å²) in [5.74, 6) is 1.95. The molecule has 2 heterocycles. The van der Waals surface area contributed by atoms with Crippen LogP contribution in [0.5, 0.6) is 5.75 Å². The molecular formula is C19H29N3O2. The molecule has 0 aromatic heterocycles. The Labute approximate surface area is 145 Å². The SMILES string of the molecule is CN=C(NCCCc1ccc(OC)cc1)N1CCC2(CCOC2)C1. The lowest BCUT2D eigenvalue weighted by Crippen LogP contribution is -2.41. The second-order valence-electron chi connectivity index (χ2n) is 6.90. The molecule has 2 saturated heterocycles. The van der Waals surface area contributed by atoms with Gasteiger partial charge in [0.2, 0.25) is 0 Å². The third-order valence-electron chi connectivity index (χ3n) is 5.22. The van der Waals surface area contributed by atoms with Gasteiger partial charge in [0.15, 0.2) is 5.96 Å². The van der Waals surface area contributed by atoms with E-state index in [1.807, 2.05) is 19.2 Å². The standard InChI is InChI=1S/C19H29N3O2/c1-20-18(22-12-9-19(14-22)10-13-24-15-19)21-11-3-4-16-5-7-17(23-2)8-6-16/h5-8H,3-4,9-15H2,1-2H3,(H,20,21). The van der Waals surface area contributed by atoms with Crippen LogP contribution < -0.4 is 10.1 Å². The highest BCUT2D eigenvalue weighted by Crippen LogP contribution is 2.38. The molecule has 1 aromatic rings. The summed E-state index contributed by atoms with van der Waals surface area (Å²) in [6.45, 7) is 4.94. The zero-order valence-electron chi connectivity index (χ0n) is 14.9. The largest absolute Gasteiger partial charge is 0.497 e. The van der Waals surface area contributed by atoms with Gasteiger partial charge < -0.3 is 19.7 Å². The monoisotopic (exact) mass is 331 g/mol. The number of guanidine groups is 1. The maximum absolute atomic E-state index is 5.61. The summed E-state index contributed by atoms with van der Waals surface area (Å²) in [6, 6.07) is 8.32. The molecule has 1 spiro atoms. The molecule has 3 rings (SSSR count). The lowest BCUT2D eigenvalue weighted by Gasteiger charge is -2.25. The third-order valence-corrected chi connectivity index (χ3v) is 5.22. The van der Waals surface area contributed by atoms with Crippen molar-refractivity contribution in [1.29, 1.82) is 0 Å². The van der Waals surface area contributed by atoms with Crippen LogP contribution in [-0.4, -0.2) is 57.9 Å². The second-order valence-corrected chi connectivity index (χ2v) is 6.90. The first-order chi connectivity index (χ1) is 11.7. The summed E-state index contributed by atoms with van der Waals surface area (Å²) in [6.07, 6.45) is 4.57. The fourth-order valence-electron chi connectivity index (χ4n) is 3.70. The zero-order chi connectivity index (χ0) is 16.8. The summed E-state index contributed by atoms with van der Waals surface area (Å²) in [7, 11) is 3.58. The number of ether oxygens (including phenoxy) is 2. The van der Waals surface area contributed by atoms with Gasteiger partial charge in [0, 0.05) is 38.7 Å². The summed E-state index contributed by atoms with van der Waals surface area (Å²) in [5, 5.41) is 3.52. The van der Waals surface area contributed by atoms with Gasteiger partial charge in [-0.1, -0.05) is 12.1 Å². The Morgan fingerprint density at radius 1 is 1.33 bits per heavy atom. The van der Waals surface area contributed by atoms with Crippen LogP contribution in [0.1, 0.15) is 24.8 Å². The minimum absolute atomic E-state index is 0.376. The quantitative estimate of drug-likeness (QED) is 0.511. The smallest absolute Gasteiger partial charge is 0.193 e. The fourth-order valence-corrected chi connectivity index (χ4v) is 3.70. The molecule has 1 atom stereocenters. The first kappa shape index (κ1) is 17.1. The number of nitrogens with one attached hydrogen (secondary N) is 1. The first-order valence-electron chi connectivity index (χ1n) is 8.91. The van der Waals surface area contributed by atoms with E-state index in [1.54, 1.807) is 7.11 Å². The van der Waals surface area contributed by atoms with Crippen molar-refractivity contribution in [2.24, 2.45) is 10.4 Å². The van der Waals surface area contributed by atoms with E-state index in [1.165, 1.54) is 18.4 Å². The molecular weight excluding hydrogens is 302 g/mol. The van der Waals surface area contributed by atoms with Crippen molar-refractivity contribution in [3.8, 4) is 5.75 Å². The molecule has 0 radical (unpaired) electrons. The molecule has 2 aliphatic heterocycles. The van der Waals surface area contributed by atoms with Gasteiger partial charge in [-0.25, -0.2) is 0 Å². The van der Waals surface area contributed by atoms with Crippen molar-refractivity contribution < 1.29 is 9.47 Å². The van der Waals surface area contributed by atoms with Gasteiger partial charge in [-0.15, -0.1) is 0 Å². The van der Waals surface area contributed by atoms with Crippen LogP contribution in [-0.2, 0) is 11.2 Å². The number of likely N-dealkylation sites (tertiary alicyclic amines) is 1. The Hall–Kier alpha value is -1.75. The number of benzene rings is 1. The average molecular weight is 331 g/mol. The Bertz CT molecular complexity index is 550. The minimum atomic E-state index is 0.376. The Morgan fingerprint density at radius 2 is 2.17 bits per heavy atom. The summed E-state index contributed by atoms with van der Waals surface area (Å²) in [4.78, 5) is 6.86. The zero-order valence-corrected chi connectivity index (χ0v) is 14.9. The maximum Gasteiger partial charge on any atom is 0.193 e. The highest BCUT2D eigenvalue weighted by atomic mass is 16.5. The molecule has 2 fully saturated rings. The van der Waals surface area contributed by atoms with E-state index in [0.717, 1.165) is 57.4 Å². The number of hydrogen-bond donors (Lipinski definition) is 1. The number of aliphatic imine (C=N–C) groups is 1. The van der Waals surface area contributed by atoms with E-state index >= 15 is 0 Å². The molecule has 5 heteroatoms. The van der Waals surface area contributed by atoms with Crippen molar-refractivity contribution in [2.75, 3.05) is 47.0 Å². The van der Waals surface area contributed by atoms with Crippen LogP contribution in [0.25, 0.3) is 0 Å². The summed E-state index contributed by atoms with van der Waals surface area (Å²) >= 11 is 0. The van der Waals surface area contributed by atoms with Gasteiger partial charge in [-0.2, -0.15) is 0 Å². The molecule has 1 aromatic carbocycles. The highest BCUT2D eigenvalue weighted by Gasteiger charge is 2.42. The van der Waals surface area contributed by atoms with Crippen LogP contribution >= 0.6 is 0 Å². The average Bonchev–Trinajstić information content (AvgIpc) is 3.26. The predicted molar refractivity (Wildman–Crippen MR) is 96.7 cm³/mol. The highest BCUT2D eigenvalue weighted by molar-refractivity contribution is 5.80. The Kier molecular flexibility index (Phi) is 5.61. The van der Waals surface area contributed by atoms with Gasteiger partial charge in [-0.05, 0) is 43.4 Å². The van der Waals surface area contributed by atoms with Crippen molar-refractivity contribution in [3.05, 3.63) is 29.8 Å². The molecule has 0 bridgehead atoms. The normalized spacial score (nSPS) is 23.9. The van der Waals surface area contributed by atoms with Crippen LogP contribution in [0, 0.1) is 5.41 Å². The second kappa shape index (κ2) is 7.88. The number of hydrogen-bond acceptors (Lipinski definition) is 3. The minimum Gasteiger partial charge on any atom is -0.497 e. The predicted octanol–water partition coefficient (Wildman–Crippen LogP) is 2.32. The van der Waals surface area contributed by atoms with E-state index in [-0.39, 0.29) is 0 Å². The van der Waals surface area contributed by atoms with Crippen molar-refractivity contribution in [3.63, 3.8) is 0 Å². The third kappa shape index (κ3) is 4.01. The molecule has 1 unspecified atom stereocenters. The maximum atomic E-state index is 5.61. The molecule has 1 N–H and O–H groups in total. The van der Waals surface area contributed by atoms with Crippen LogP contribution in [0.15, 0.2) is 29.3 Å². The molecule has 0 aliphatic carbocycles. The topological polar surface area (TPSA) is 46.1 Å². The van der Waals surface area contributed by atoms with E-state index in [2.05, 4.69) is 27.3 Å². The Morgan fingerprint density at radius 3 is 2.83 bits per heavy atom. The molecule has 0 saturated carbocycles. The molecule has 5 nitrogen and oxygen atoms in total. The van der Waals surface area contributed by atoms with E-state index in [4.69, 9.17) is 9.47 Å². The van der Waals surface area contributed by atoms with E-state index in [9.17, 15) is 0 Å². The van der Waals surface area contributed by atoms with E-state index in [0.29, 0.717) is 5.41 Å². The van der Waals surface area contributed by atoms with Crippen molar-refractivity contribution in [2.45, 2.75) is 25.7 Å². The van der Waals surface area contributed by atoms with Gasteiger partial charge in [-0.3, -0.25) is 4.99 Å². The van der Waals surface area contributed by atoms with Crippen molar-refractivity contribution in [1.82, 2.24) is 10.2 Å². The van der Waals surface area contributed by atoms with Crippen LogP contribution in [0.4, 0.5) is 0 Å². The molecule has 2 aliphatic rings. The number of rotatable bonds is 5. The summed E-state index contributed by atoms with van der Waals surface area (Å²) in [5.41, 5.74) is 1.72. The number of nitrogens with zero attached hydrogens (tertiary/aromatic N) is 2. The van der Waals surface area contributed by atoms with Gasteiger partial charge >= 0.3 is 0 Å². The van der Waals surface area contributed by atoms with Crippen LogP contribution in [0.2, 0.25) is 0 Å².